The van der Waals surface area contributed by atoms with E-state index in [1.165, 1.54) is 11.1 Å². The minimum atomic E-state index is -0.0777. The van der Waals surface area contributed by atoms with Gasteiger partial charge in [-0.15, -0.1) is 0 Å². The van der Waals surface area contributed by atoms with Crippen LogP contribution in [0.1, 0.15) is 70.6 Å². The molecule has 0 bridgehead atoms. The quantitative estimate of drug-likeness (QED) is 0.349. The van der Waals surface area contributed by atoms with Crippen molar-refractivity contribution in [1.82, 2.24) is 15.3 Å². The molecule has 1 aromatic carbocycles. The SMILES string of the molecule is C=Nn1cc(C=O)c(C)c1C(=NC)Nc1cc(C(=O)NC2CC2)ccc1C.CCC.CNC. The van der Waals surface area contributed by atoms with Crippen molar-refractivity contribution in [2.24, 2.45) is 10.1 Å². The van der Waals surface area contributed by atoms with Crippen LogP contribution in [0.4, 0.5) is 5.69 Å². The van der Waals surface area contributed by atoms with Crippen LogP contribution in [0, 0.1) is 13.8 Å². The third kappa shape index (κ3) is 7.98. The van der Waals surface area contributed by atoms with Crippen LogP contribution in [0.5, 0.6) is 0 Å². The van der Waals surface area contributed by atoms with Crippen molar-refractivity contribution in [3.63, 3.8) is 0 Å². The van der Waals surface area contributed by atoms with Gasteiger partial charge in [0, 0.05) is 42.8 Å². The van der Waals surface area contributed by atoms with Gasteiger partial charge in [0.15, 0.2) is 12.1 Å². The molecule has 0 spiro atoms. The number of anilines is 1. The number of rotatable bonds is 6. The summed E-state index contributed by atoms with van der Waals surface area (Å²) in [4.78, 5) is 27.9. The molecule has 0 saturated heterocycles. The van der Waals surface area contributed by atoms with Gasteiger partial charge in [-0.3, -0.25) is 14.6 Å². The van der Waals surface area contributed by atoms with Gasteiger partial charge in [-0.2, -0.15) is 5.10 Å². The number of benzene rings is 1. The Morgan fingerprint density at radius 3 is 2.33 bits per heavy atom. The number of hydrogen-bond acceptors (Lipinski definition) is 5. The van der Waals surface area contributed by atoms with E-state index in [0.29, 0.717) is 28.7 Å². The first kappa shape index (κ1) is 27.8. The number of carbonyl (C=O) groups is 2. The predicted molar refractivity (Wildman–Crippen MR) is 138 cm³/mol. The highest BCUT2D eigenvalue weighted by Gasteiger charge is 2.24. The van der Waals surface area contributed by atoms with Crippen molar-refractivity contribution in [2.75, 3.05) is 26.5 Å². The zero-order valence-corrected chi connectivity index (χ0v) is 21.0. The first-order chi connectivity index (χ1) is 15.8. The van der Waals surface area contributed by atoms with Gasteiger partial charge in [0.25, 0.3) is 5.91 Å². The maximum absolute atomic E-state index is 12.3. The van der Waals surface area contributed by atoms with Gasteiger partial charge in [0.05, 0.1) is 0 Å². The minimum absolute atomic E-state index is 0.0777. The smallest absolute Gasteiger partial charge is 0.251 e. The lowest BCUT2D eigenvalue weighted by molar-refractivity contribution is 0.0950. The number of amides is 1. The van der Waals surface area contributed by atoms with E-state index in [4.69, 9.17) is 0 Å². The topological polar surface area (TPSA) is 99.9 Å². The number of nitrogens with one attached hydrogen (secondary N) is 3. The van der Waals surface area contributed by atoms with Gasteiger partial charge in [0.2, 0.25) is 0 Å². The molecular weight excluding hydrogens is 416 g/mol. The molecule has 1 fully saturated rings. The van der Waals surface area contributed by atoms with E-state index in [0.717, 1.165) is 35.9 Å². The van der Waals surface area contributed by atoms with Gasteiger partial charge in [-0.05, 0) is 64.0 Å². The Balaban J connectivity index is 0.000000819. The molecular formula is C25H38N6O2. The molecule has 1 aliphatic rings. The predicted octanol–water partition coefficient (Wildman–Crippen LogP) is 4.01. The summed E-state index contributed by atoms with van der Waals surface area (Å²) in [6.45, 7) is 11.6. The summed E-state index contributed by atoms with van der Waals surface area (Å²) >= 11 is 0. The lowest BCUT2D eigenvalue weighted by atomic mass is 10.1. The van der Waals surface area contributed by atoms with E-state index in [9.17, 15) is 9.59 Å². The van der Waals surface area contributed by atoms with Crippen LogP contribution in [0.15, 0.2) is 34.5 Å². The lowest BCUT2D eigenvalue weighted by Gasteiger charge is -2.15. The van der Waals surface area contributed by atoms with Crippen LogP contribution in [0.2, 0.25) is 0 Å². The van der Waals surface area contributed by atoms with Crippen LogP contribution in [-0.4, -0.2) is 56.6 Å². The average molecular weight is 455 g/mol. The van der Waals surface area contributed by atoms with Gasteiger partial charge in [-0.1, -0.05) is 26.3 Å². The number of aldehydes is 1. The summed E-state index contributed by atoms with van der Waals surface area (Å²) in [6, 6.07) is 5.81. The third-order valence-corrected chi connectivity index (χ3v) is 4.67. The van der Waals surface area contributed by atoms with Crippen molar-refractivity contribution in [2.45, 2.75) is 53.0 Å². The minimum Gasteiger partial charge on any atom is -0.349 e. The number of amidine groups is 1. The standard InChI is InChI=1S/C20H23N5O2.C3H8.C2H7N/c1-12-5-6-14(20(27)23-16-7-8-16)9-17(12)24-19(21-3)18-13(2)15(11-26)10-25(18)22-4;2*1-3-2/h5-6,9-11,16H,4,7-8H2,1-3H3,(H,21,24)(H,23,27);3H2,1-2H3;3H,1-2H3. The Hall–Kier alpha value is -3.26. The fourth-order valence-electron chi connectivity index (χ4n) is 2.86. The summed E-state index contributed by atoms with van der Waals surface area (Å²) in [5, 5.41) is 13.0. The van der Waals surface area contributed by atoms with E-state index in [1.54, 1.807) is 13.2 Å². The molecule has 1 saturated carbocycles. The summed E-state index contributed by atoms with van der Waals surface area (Å²) in [5.41, 5.74) is 4.26. The van der Waals surface area contributed by atoms with E-state index < -0.39 is 0 Å². The number of aromatic nitrogens is 1. The van der Waals surface area contributed by atoms with Gasteiger partial charge < -0.3 is 16.0 Å². The Bertz CT molecular complexity index is 972. The highest BCUT2D eigenvalue weighted by molar-refractivity contribution is 6.10. The van der Waals surface area contributed by atoms with Crippen LogP contribution in [0.25, 0.3) is 0 Å². The van der Waals surface area contributed by atoms with E-state index in [-0.39, 0.29) is 5.91 Å². The molecule has 0 atom stereocenters. The Morgan fingerprint density at radius 2 is 1.85 bits per heavy atom. The lowest BCUT2D eigenvalue weighted by Crippen LogP contribution is -2.25. The van der Waals surface area contributed by atoms with Crippen molar-refractivity contribution >= 4 is 30.4 Å². The summed E-state index contributed by atoms with van der Waals surface area (Å²) in [6.07, 6.45) is 5.73. The van der Waals surface area contributed by atoms with Crippen LogP contribution < -0.4 is 16.0 Å². The van der Waals surface area contributed by atoms with E-state index >= 15 is 0 Å². The number of aliphatic imine (C=N–C) groups is 1. The molecule has 1 aromatic heterocycles. The largest absolute Gasteiger partial charge is 0.349 e. The zero-order chi connectivity index (χ0) is 25.0. The molecule has 2 aromatic rings. The van der Waals surface area contributed by atoms with Crippen LogP contribution in [0.3, 0.4) is 0 Å². The van der Waals surface area contributed by atoms with E-state index in [2.05, 4.69) is 46.6 Å². The van der Waals surface area contributed by atoms with Crippen molar-refractivity contribution in [3.8, 4) is 0 Å². The molecule has 33 heavy (non-hydrogen) atoms. The number of nitrogens with zero attached hydrogens (tertiary/aromatic N) is 3. The fraction of sp³-hybridized carbons (Fsp3) is 0.440. The summed E-state index contributed by atoms with van der Waals surface area (Å²) in [5.74, 6) is 0.460. The Labute approximate surface area is 197 Å². The second-order valence-corrected chi connectivity index (χ2v) is 7.84. The molecule has 1 aliphatic carbocycles. The molecule has 180 valence electrons. The van der Waals surface area contributed by atoms with Gasteiger partial charge in [0.1, 0.15) is 5.69 Å². The third-order valence-electron chi connectivity index (χ3n) is 4.67. The van der Waals surface area contributed by atoms with Crippen LogP contribution >= 0.6 is 0 Å². The Morgan fingerprint density at radius 1 is 1.24 bits per heavy atom. The van der Waals surface area contributed by atoms with E-state index in [1.807, 2.05) is 46.1 Å². The summed E-state index contributed by atoms with van der Waals surface area (Å²) < 4.78 is 1.52. The summed E-state index contributed by atoms with van der Waals surface area (Å²) in [7, 11) is 5.40. The second-order valence-electron chi connectivity index (χ2n) is 7.84. The Kier molecular flexibility index (Phi) is 11.8. The molecule has 0 aliphatic heterocycles. The van der Waals surface area contributed by atoms with Gasteiger partial charge in [-0.25, -0.2) is 4.68 Å². The molecule has 1 amide bonds. The maximum atomic E-state index is 12.3. The second kappa shape index (κ2) is 14.0. The van der Waals surface area contributed by atoms with Gasteiger partial charge >= 0.3 is 0 Å². The molecule has 0 radical (unpaired) electrons. The number of carbonyl (C=O) groups excluding carboxylic acids is 2. The molecule has 3 rings (SSSR count). The van der Waals surface area contributed by atoms with Crippen molar-refractivity contribution in [1.29, 1.82) is 0 Å². The number of aryl methyl sites for hydroxylation is 1. The average Bonchev–Trinajstić information content (AvgIpc) is 3.55. The highest BCUT2D eigenvalue weighted by atomic mass is 16.1. The normalized spacial score (nSPS) is 12.5. The van der Waals surface area contributed by atoms with Crippen molar-refractivity contribution in [3.05, 3.63) is 52.3 Å². The van der Waals surface area contributed by atoms with Crippen LogP contribution in [-0.2, 0) is 0 Å². The fourth-order valence-corrected chi connectivity index (χ4v) is 2.86. The number of hydrogen-bond donors (Lipinski definition) is 3. The highest BCUT2D eigenvalue weighted by Crippen LogP contribution is 2.23. The molecule has 3 N–H and O–H groups in total. The molecule has 8 heteroatoms. The molecule has 1 heterocycles. The van der Waals surface area contributed by atoms with Crippen molar-refractivity contribution < 1.29 is 9.59 Å². The maximum Gasteiger partial charge on any atom is 0.251 e. The first-order valence-corrected chi connectivity index (χ1v) is 11.2. The molecule has 0 unspecified atom stereocenters. The first-order valence-electron chi connectivity index (χ1n) is 11.2. The zero-order valence-electron chi connectivity index (χ0n) is 21.0. The molecule has 8 nitrogen and oxygen atoms in total. The monoisotopic (exact) mass is 454 g/mol.